The van der Waals surface area contributed by atoms with Gasteiger partial charge in [-0.1, -0.05) is 13.8 Å². The first kappa shape index (κ1) is 12.2. The lowest BCUT2D eigenvalue weighted by Crippen LogP contribution is -2.39. The summed E-state index contributed by atoms with van der Waals surface area (Å²) >= 11 is 0. The Hall–Kier alpha value is 0.210. The van der Waals surface area contributed by atoms with Crippen LogP contribution in [0, 0.1) is 11.8 Å². The van der Waals surface area contributed by atoms with Gasteiger partial charge in [0.05, 0.1) is 6.61 Å². The Morgan fingerprint density at radius 3 is 2.67 bits per heavy atom. The number of hydrogen-bond donors (Lipinski definition) is 1. The molecule has 0 aliphatic carbocycles. The quantitative estimate of drug-likeness (QED) is 0.726. The second-order valence-electron chi connectivity index (χ2n) is 3.92. The van der Waals surface area contributed by atoms with Crippen molar-refractivity contribution < 1.29 is 4.74 Å². The van der Waals surface area contributed by atoms with Crippen LogP contribution in [0.25, 0.3) is 0 Å². The molecule has 0 aromatic rings. The van der Waals surface area contributed by atoms with E-state index in [-0.39, 0.29) is 12.4 Å². The van der Waals surface area contributed by atoms with Crippen LogP contribution in [0.3, 0.4) is 0 Å². The highest BCUT2D eigenvalue weighted by molar-refractivity contribution is 5.85. The Balaban J connectivity index is 0.00000121. The molecule has 74 valence electrons. The van der Waals surface area contributed by atoms with Crippen molar-refractivity contribution in [2.45, 2.75) is 32.7 Å². The van der Waals surface area contributed by atoms with Crippen molar-refractivity contribution in [2.75, 3.05) is 13.2 Å². The number of hydrogen-bond acceptors (Lipinski definition) is 2. The molecule has 0 bridgehead atoms. The summed E-state index contributed by atoms with van der Waals surface area (Å²) in [5.41, 5.74) is 5.95. The molecule has 1 aliphatic rings. The van der Waals surface area contributed by atoms with E-state index in [1.807, 2.05) is 0 Å². The van der Waals surface area contributed by atoms with E-state index in [0.717, 1.165) is 25.6 Å². The van der Waals surface area contributed by atoms with Gasteiger partial charge in [0.25, 0.3) is 0 Å². The van der Waals surface area contributed by atoms with Crippen molar-refractivity contribution in [2.24, 2.45) is 17.6 Å². The lowest BCUT2D eigenvalue weighted by molar-refractivity contribution is 0.0341. The van der Waals surface area contributed by atoms with E-state index >= 15 is 0 Å². The van der Waals surface area contributed by atoms with Gasteiger partial charge >= 0.3 is 0 Å². The second kappa shape index (κ2) is 5.79. The maximum absolute atomic E-state index is 5.95. The molecule has 3 heteroatoms. The fourth-order valence-electron chi connectivity index (χ4n) is 1.66. The average Bonchev–Trinajstić information content (AvgIpc) is 1.93. The summed E-state index contributed by atoms with van der Waals surface area (Å²) in [6, 6.07) is 0.381. The molecule has 2 unspecified atom stereocenters. The molecular weight excluding hydrogens is 174 g/mol. The van der Waals surface area contributed by atoms with E-state index in [4.69, 9.17) is 10.5 Å². The second-order valence-corrected chi connectivity index (χ2v) is 3.92. The summed E-state index contributed by atoms with van der Waals surface area (Å²) in [4.78, 5) is 0. The van der Waals surface area contributed by atoms with Crippen LogP contribution in [0.2, 0.25) is 0 Å². The molecule has 1 saturated heterocycles. The molecule has 2 nitrogen and oxygen atoms in total. The summed E-state index contributed by atoms with van der Waals surface area (Å²) in [5, 5.41) is 0. The molecule has 0 aromatic heterocycles. The molecular formula is C9H20ClNO. The smallest absolute Gasteiger partial charge is 0.0509 e. The molecule has 0 radical (unpaired) electrons. The van der Waals surface area contributed by atoms with E-state index in [1.165, 1.54) is 6.42 Å². The Morgan fingerprint density at radius 1 is 1.50 bits per heavy atom. The summed E-state index contributed by atoms with van der Waals surface area (Å²) in [7, 11) is 0. The fraction of sp³-hybridized carbons (Fsp3) is 1.00. The minimum absolute atomic E-state index is 0. The van der Waals surface area contributed by atoms with E-state index in [2.05, 4.69) is 13.8 Å². The van der Waals surface area contributed by atoms with Gasteiger partial charge in [0, 0.05) is 12.6 Å². The number of nitrogens with two attached hydrogens (primary N) is 1. The first-order chi connectivity index (χ1) is 5.20. The maximum Gasteiger partial charge on any atom is 0.0509 e. The standard InChI is InChI=1S/C9H19NO.ClH/c1-7(2)5-8-6-11-4-3-9(8)10;/h7-9H,3-6,10H2,1-2H3;1H. The molecule has 0 aromatic carbocycles. The highest BCUT2D eigenvalue weighted by Gasteiger charge is 2.22. The van der Waals surface area contributed by atoms with Gasteiger partial charge in [0.1, 0.15) is 0 Å². The Labute approximate surface area is 81.3 Å². The van der Waals surface area contributed by atoms with Crippen LogP contribution in [-0.4, -0.2) is 19.3 Å². The van der Waals surface area contributed by atoms with Gasteiger partial charge in [-0.05, 0) is 24.7 Å². The van der Waals surface area contributed by atoms with E-state index < -0.39 is 0 Å². The van der Waals surface area contributed by atoms with Gasteiger partial charge in [-0.25, -0.2) is 0 Å². The van der Waals surface area contributed by atoms with Gasteiger partial charge in [-0.2, -0.15) is 0 Å². The largest absolute Gasteiger partial charge is 0.381 e. The molecule has 1 heterocycles. The Bertz CT molecular complexity index is 119. The average molecular weight is 194 g/mol. The highest BCUT2D eigenvalue weighted by Crippen LogP contribution is 2.20. The predicted octanol–water partition coefficient (Wildman–Crippen LogP) is 1.82. The maximum atomic E-state index is 5.95. The van der Waals surface area contributed by atoms with Crippen molar-refractivity contribution in [1.82, 2.24) is 0 Å². The molecule has 2 N–H and O–H groups in total. The normalized spacial score (nSPS) is 30.0. The monoisotopic (exact) mass is 193 g/mol. The lowest BCUT2D eigenvalue weighted by atomic mass is 9.89. The van der Waals surface area contributed by atoms with Crippen LogP contribution < -0.4 is 5.73 Å². The summed E-state index contributed by atoms with van der Waals surface area (Å²) < 4.78 is 5.37. The number of ether oxygens (including phenoxy) is 1. The van der Waals surface area contributed by atoms with Crippen molar-refractivity contribution in [3.63, 3.8) is 0 Å². The Morgan fingerprint density at radius 2 is 2.17 bits per heavy atom. The van der Waals surface area contributed by atoms with Crippen LogP contribution in [0.5, 0.6) is 0 Å². The Kier molecular flexibility index (Phi) is 5.89. The molecule has 0 saturated carbocycles. The van der Waals surface area contributed by atoms with Crippen molar-refractivity contribution in [1.29, 1.82) is 0 Å². The van der Waals surface area contributed by atoms with Crippen molar-refractivity contribution in [3.05, 3.63) is 0 Å². The third kappa shape index (κ3) is 3.74. The molecule has 2 atom stereocenters. The SMILES string of the molecule is CC(C)CC1COCCC1N.Cl. The van der Waals surface area contributed by atoms with Gasteiger partial charge in [0.15, 0.2) is 0 Å². The van der Waals surface area contributed by atoms with Crippen LogP contribution >= 0.6 is 12.4 Å². The van der Waals surface area contributed by atoms with Crippen molar-refractivity contribution in [3.8, 4) is 0 Å². The van der Waals surface area contributed by atoms with Gasteiger partial charge in [-0.15, -0.1) is 12.4 Å². The number of rotatable bonds is 2. The van der Waals surface area contributed by atoms with Gasteiger partial charge in [-0.3, -0.25) is 0 Å². The van der Waals surface area contributed by atoms with E-state index in [9.17, 15) is 0 Å². The minimum Gasteiger partial charge on any atom is -0.381 e. The third-order valence-corrected chi connectivity index (χ3v) is 2.31. The van der Waals surface area contributed by atoms with Gasteiger partial charge in [0.2, 0.25) is 0 Å². The highest BCUT2D eigenvalue weighted by atomic mass is 35.5. The first-order valence-corrected chi connectivity index (χ1v) is 4.53. The molecule has 1 fully saturated rings. The van der Waals surface area contributed by atoms with E-state index in [0.29, 0.717) is 12.0 Å². The topological polar surface area (TPSA) is 35.2 Å². The summed E-state index contributed by atoms with van der Waals surface area (Å²) in [6.07, 6.45) is 2.25. The molecule has 1 aliphatic heterocycles. The molecule has 1 rings (SSSR count). The minimum atomic E-state index is 0. The molecule has 0 spiro atoms. The van der Waals surface area contributed by atoms with Crippen LogP contribution in [-0.2, 0) is 4.74 Å². The van der Waals surface area contributed by atoms with Crippen LogP contribution in [0.1, 0.15) is 26.7 Å². The molecule has 0 amide bonds. The van der Waals surface area contributed by atoms with Gasteiger partial charge < -0.3 is 10.5 Å². The summed E-state index contributed by atoms with van der Waals surface area (Å²) in [6.45, 7) is 6.21. The lowest BCUT2D eigenvalue weighted by Gasteiger charge is -2.29. The number of halogens is 1. The van der Waals surface area contributed by atoms with Crippen LogP contribution in [0.4, 0.5) is 0 Å². The first-order valence-electron chi connectivity index (χ1n) is 4.53. The van der Waals surface area contributed by atoms with Crippen LogP contribution in [0.15, 0.2) is 0 Å². The zero-order valence-electron chi connectivity index (χ0n) is 7.95. The summed E-state index contributed by atoms with van der Waals surface area (Å²) in [5.74, 6) is 1.34. The van der Waals surface area contributed by atoms with E-state index in [1.54, 1.807) is 0 Å². The predicted molar refractivity (Wildman–Crippen MR) is 53.6 cm³/mol. The fourth-order valence-corrected chi connectivity index (χ4v) is 1.66. The van der Waals surface area contributed by atoms with Crippen molar-refractivity contribution >= 4 is 12.4 Å². The zero-order chi connectivity index (χ0) is 8.27. The molecule has 12 heavy (non-hydrogen) atoms. The third-order valence-electron chi connectivity index (χ3n) is 2.31. The zero-order valence-corrected chi connectivity index (χ0v) is 8.77.